The molecule has 0 radical (unpaired) electrons. The monoisotopic (exact) mass is 309 g/mol. The molecule has 2 atom stereocenters. The van der Waals surface area contributed by atoms with Gasteiger partial charge in [0.15, 0.2) is 0 Å². The standard InChI is InChI=1S/C17H27NO2S/c1-4-18-16(12-21-11-14-6-5-9-20-14)15-10-13(2)7-8-17(15)19-3/h7-8,10,14,16,18H,4-6,9,11-12H2,1-3H3. The SMILES string of the molecule is CCNC(CSCC1CCCO1)c1cc(C)ccc1OC. The number of nitrogens with one attached hydrogen (secondary N) is 1. The van der Waals surface area contributed by atoms with Crippen LogP contribution in [0, 0.1) is 6.92 Å². The molecule has 1 heterocycles. The maximum Gasteiger partial charge on any atom is 0.123 e. The van der Waals surface area contributed by atoms with Gasteiger partial charge in [0.05, 0.1) is 13.2 Å². The van der Waals surface area contributed by atoms with Gasteiger partial charge in [0, 0.05) is 29.7 Å². The van der Waals surface area contributed by atoms with Crippen molar-refractivity contribution in [3.63, 3.8) is 0 Å². The van der Waals surface area contributed by atoms with Crippen LogP contribution in [0.3, 0.4) is 0 Å². The van der Waals surface area contributed by atoms with Gasteiger partial charge in [0.2, 0.25) is 0 Å². The predicted octanol–water partition coefficient (Wildman–Crippen LogP) is 3.57. The zero-order valence-corrected chi connectivity index (χ0v) is 14.2. The van der Waals surface area contributed by atoms with E-state index in [0.717, 1.165) is 30.4 Å². The van der Waals surface area contributed by atoms with E-state index in [1.165, 1.54) is 24.0 Å². The molecule has 0 bridgehead atoms. The number of methoxy groups -OCH3 is 1. The maximum absolute atomic E-state index is 5.70. The lowest BCUT2D eigenvalue weighted by Gasteiger charge is -2.21. The van der Waals surface area contributed by atoms with Crippen LogP contribution in [0.1, 0.15) is 36.9 Å². The van der Waals surface area contributed by atoms with Gasteiger partial charge in [-0.1, -0.05) is 24.6 Å². The van der Waals surface area contributed by atoms with Crippen molar-refractivity contribution in [2.75, 3.05) is 31.8 Å². The Hall–Kier alpha value is -0.710. The Kier molecular flexibility index (Phi) is 6.87. The van der Waals surface area contributed by atoms with E-state index in [1.54, 1.807) is 7.11 Å². The lowest BCUT2D eigenvalue weighted by atomic mass is 10.0. The van der Waals surface area contributed by atoms with Gasteiger partial charge in [-0.05, 0) is 32.4 Å². The fourth-order valence-electron chi connectivity index (χ4n) is 2.72. The van der Waals surface area contributed by atoms with E-state index in [9.17, 15) is 0 Å². The van der Waals surface area contributed by atoms with E-state index >= 15 is 0 Å². The number of aryl methyl sites for hydroxylation is 1. The quantitative estimate of drug-likeness (QED) is 0.795. The minimum Gasteiger partial charge on any atom is -0.496 e. The minimum atomic E-state index is 0.330. The van der Waals surface area contributed by atoms with Gasteiger partial charge >= 0.3 is 0 Å². The van der Waals surface area contributed by atoms with Crippen molar-refractivity contribution in [2.24, 2.45) is 0 Å². The summed E-state index contributed by atoms with van der Waals surface area (Å²) in [6.07, 6.45) is 2.89. The Balaban J connectivity index is 1.98. The zero-order valence-electron chi connectivity index (χ0n) is 13.4. The summed E-state index contributed by atoms with van der Waals surface area (Å²) in [6.45, 7) is 6.18. The van der Waals surface area contributed by atoms with Crippen molar-refractivity contribution in [3.05, 3.63) is 29.3 Å². The largest absolute Gasteiger partial charge is 0.496 e. The minimum absolute atomic E-state index is 0.330. The van der Waals surface area contributed by atoms with Gasteiger partial charge in [0.25, 0.3) is 0 Å². The lowest BCUT2D eigenvalue weighted by molar-refractivity contribution is 0.129. The number of ether oxygens (including phenoxy) is 2. The summed E-state index contributed by atoms with van der Waals surface area (Å²) in [5.41, 5.74) is 2.54. The van der Waals surface area contributed by atoms with Crippen molar-refractivity contribution >= 4 is 11.8 Å². The summed E-state index contributed by atoms with van der Waals surface area (Å²) in [5, 5.41) is 3.58. The molecular weight excluding hydrogens is 282 g/mol. The van der Waals surface area contributed by atoms with Crippen molar-refractivity contribution in [1.29, 1.82) is 0 Å². The molecule has 0 spiro atoms. The zero-order chi connectivity index (χ0) is 15.1. The normalized spacial score (nSPS) is 19.7. The van der Waals surface area contributed by atoms with Crippen molar-refractivity contribution in [2.45, 2.75) is 38.8 Å². The first-order valence-electron chi connectivity index (χ1n) is 7.81. The third-order valence-electron chi connectivity index (χ3n) is 3.82. The van der Waals surface area contributed by atoms with Crippen LogP contribution in [-0.4, -0.2) is 37.9 Å². The van der Waals surface area contributed by atoms with E-state index in [0.29, 0.717) is 12.1 Å². The second-order valence-electron chi connectivity index (χ2n) is 5.53. The molecule has 21 heavy (non-hydrogen) atoms. The molecule has 0 amide bonds. The number of hydrogen-bond acceptors (Lipinski definition) is 4. The first-order valence-corrected chi connectivity index (χ1v) is 8.97. The topological polar surface area (TPSA) is 30.5 Å². The molecule has 1 saturated heterocycles. The summed E-state index contributed by atoms with van der Waals surface area (Å²) in [6, 6.07) is 6.74. The molecule has 1 aromatic carbocycles. The van der Waals surface area contributed by atoms with E-state index in [2.05, 4.69) is 37.4 Å². The Labute approximate surface area is 132 Å². The Morgan fingerprint density at radius 3 is 3.00 bits per heavy atom. The van der Waals surface area contributed by atoms with Gasteiger partial charge in [0.1, 0.15) is 5.75 Å². The van der Waals surface area contributed by atoms with Gasteiger partial charge < -0.3 is 14.8 Å². The highest BCUT2D eigenvalue weighted by atomic mass is 32.2. The van der Waals surface area contributed by atoms with Crippen LogP contribution in [0.25, 0.3) is 0 Å². The fourth-order valence-corrected chi connectivity index (χ4v) is 3.92. The van der Waals surface area contributed by atoms with Crippen LogP contribution in [0.15, 0.2) is 18.2 Å². The third kappa shape index (κ3) is 4.90. The van der Waals surface area contributed by atoms with Crippen molar-refractivity contribution in [1.82, 2.24) is 5.32 Å². The first-order chi connectivity index (χ1) is 10.2. The highest BCUT2D eigenvalue weighted by molar-refractivity contribution is 7.99. The molecule has 1 aliphatic rings. The molecule has 4 heteroatoms. The summed E-state index contributed by atoms with van der Waals surface area (Å²) < 4.78 is 11.2. The second kappa shape index (κ2) is 8.66. The molecule has 2 unspecified atom stereocenters. The van der Waals surface area contributed by atoms with E-state index < -0.39 is 0 Å². The van der Waals surface area contributed by atoms with Crippen LogP contribution < -0.4 is 10.1 Å². The summed E-state index contributed by atoms with van der Waals surface area (Å²) in [5.74, 6) is 3.12. The Morgan fingerprint density at radius 1 is 1.48 bits per heavy atom. The van der Waals surface area contributed by atoms with Crippen LogP contribution >= 0.6 is 11.8 Å². The highest BCUT2D eigenvalue weighted by Crippen LogP contribution is 2.29. The summed E-state index contributed by atoms with van der Waals surface area (Å²) in [4.78, 5) is 0. The lowest BCUT2D eigenvalue weighted by Crippen LogP contribution is -2.24. The molecule has 2 rings (SSSR count). The smallest absolute Gasteiger partial charge is 0.123 e. The van der Waals surface area contributed by atoms with Crippen LogP contribution in [-0.2, 0) is 4.74 Å². The van der Waals surface area contributed by atoms with E-state index in [4.69, 9.17) is 9.47 Å². The van der Waals surface area contributed by atoms with Gasteiger partial charge in [-0.3, -0.25) is 0 Å². The van der Waals surface area contributed by atoms with Gasteiger partial charge in [-0.25, -0.2) is 0 Å². The van der Waals surface area contributed by atoms with Gasteiger partial charge in [-0.2, -0.15) is 11.8 Å². The van der Waals surface area contributed by atoms with Crippen molar-refractivity contribution in [3.8, 4) is 5.75 Å². The molecular formula is C17H27NO2S. The molecule has 1 aromatic rings. The molecule has 118 valence electrons. The second-order valence-corrected chi connectivity index (χ2v) is 6.60. The average Bonchev–Trinajstić information content (AvgIpc) is 2.99. The highest BCUT2D eigenvalue weighted by Gasteiger charge is 2.19. The first kappa shape index (κ1) is 16.7. The van der Waals surface area contributed by atoms with Crippen LogP contribution in [0.5, 0.6) is 5.75 Å². The molecule has 1 N–H and O–H groups in total. The molecule has 1 aliphatic heterocycles. The molecule has 0 saturated carbocycles. The molecule has 0 aliphatic carbocycles. The average molecular weight is 309 g/mol. The number of benzene rings is 1. The number of hydrogen-bond donors (Lipinski definition) is 1. The number of rotatable bonds is 8. The molecule has 1 fully saturated rings. The summed E-state index contributed by atoms with van der Waals surface area (Å²) in [7, 11) is 1.75. The predicted molar refractivity (Wildman–Crippen MR) is 90.4 cm³/mol. The maximum atomic E-state index is 5.70. The molecule has 3 nitrogen and oxygen atoms in total. The number of thioether (sulfide) groups is 1. The van der Waals surface area contributed by atoms with Gasteiger partial charge in [-0.15, -0.1) is 0 Å². The third-order valence-corrected chi connectivity index (χ3v) is 5.00. The molecule has 0 aromatic heterocycles. The van der Waals surface area contributed by atoms with E-state index in [-0.39, 0.29) is 0 Å². The fraction of sp³-hybridized carbons (Fsp3) is 0.647. The summed E-state index contributed by atoms with van der Waals surface area (Å²) >= 11 is 1.98. The van der Waals surface area contributed by atoms with Crippen LogP contribution in [0.4, 0.5) is 0 Å². The van der Waals surface area contributed by atoms with E-state index in [1.807, 2.05) is 11.8 Å². The Bertz CT molecular complexity index is 433. The van der Waals surface area contributed by atoms with Crippen LogP contribution in [0.2, 0.25) is 0 Å². The van der Waals surface area contributed by atoms with Crippen molar-refractivity contribution < 1.29 is 9.47 Å². The Morgan fingerprint density at radius 2 is 2.33 bits per heavy atom.